The van der Waals surface area contributed by atoms with Crippen molar-refractivity contribution in [2.45, 2.75) is 118 Å². The van der Waals surface area contributed by atoms with E-state index in [1.165, 1.54) is 4.90 Å². The van der Waals surface area contributed by atoms with Crippen LogP contribution in [0.25, 0.3) is 10.4 Å². The van der Waals surface area contributed by atoms with Crippen LogP contribution >= 0.6 is 22.9 Å². The van der Waals surface area contributed by atoms with E-state index in [1.54, 1.807) is 29.5 Å². The normalized spacial score (nSPS) is 22.1. The molecule has 7 rings (SSSR count). The minimum Gasteiger partial charge on any atom is -0.489 e. The number of hydrogen-bond donors (Lipinski definition) is 4. The fraction of sp³-hybridized carbons (Fsp3) is 0.519. The number of ether oxygens (including phenoxy) is 2. The molecule has 4 amide bonds. The molecule has 2 saturated heterocycles. The summed E-state index contributed by atoms with van der Waals surface area (Å²) in [4.78, 5) is 66.3. The molecule has 1 aromatic heterocycles. The molecule has 0 spiro atoms. The number of carbonyl (C=O) groups excluding carboxylic acids is 4. The number of likely N-dealkylation sites (tertiary alicyclic amines) is 1. The Bertz CT molecular complexity index is 2580. The zero-order valence-corrected chi connectivity index (χ0v) is 44.1. The second-order valence-corrected chi connectivity index (χ2v) is 22.9. The Morgan fingerprint density at radius 3 is 2.21 bits per heavy atom. The van der Waals surface area contributed by atoms with E-state index in [4.69, 9.17) is 21.1 Å². The molecule has 15 nitrogen and oxygen atoms in total. The number of nitriles is 1. The molecular formula is C54H69ClN8O7S. The molecule has 4 N–H and O–H groups in total. The number of nitrogens with one attached hydrogen (secondary N) is 3. The van der Waals surface area contributed by atoms with Crippen molar-refractivity contribution in [1.82, 2.24) is 30.7 Å². The number of rotatable bonds is 16. The van der Waals surface area contributed by atoms with E-state index < -0.39 is 35.4 Å². The summed E-state index contributed by atoms with van der Waals surface area (Å²) in [6, 6.07) is 20.4. The van der Waals surface area contributed by atoms with Crippen molar-refractivity contribution in [3.63, 3.8) is 0 Å². The van der Waals surface area contributed by atoms with Gasteiger partial charge in [0.25, 0.3) is 5.91 Å². The van der Waals surface area contributed by atoms with Gasteiger partial charge in [0, 0.05) is 79.9 Å². The van der Waals surface area contributed by atoms with Crippen molar-refractivity contribution in [2.75, 3.05) is 50.8 Å². The average Bonchev–Trinajstić information content (AvgIpc) is 3.95. The second-order valence-electron chi connectivity index (χ2n) is 21.6. The van der Waals surface area contributed by atoms with Gasteiger partial charge < -0.3 is 40.3 Å². The molecule has 1 saturated carbocycles. The lowest BCUT2D eigenvalue weighted by atomic mass is 9.49. The first-order chi connectivity index (χ1) is 33.5. The van der Waals surface area contributed by atoms with E-state index in [9.17, 15) is 29.5 Å². The highest BCUT2D eigenvalue weighted by Gasteiger charge is 2.64. The maximum Gasteiger partial charge on any atom is 0.251 e. The van der Waals surface area contributed by atoms with Crippen molar-refractivity contribution >= 4 is 52.3 Å². The molecule has 0 unspecified atom stereocenters. The van der Waals surface area contributed by atoms with E-state index in [-0.39, 0.29) is 66.5 Å². The molecule has 0 bridgehead atoms. The average molecular weight is 1010 g/mol. The predicted molar refractivity (Wildman–Crippen MR) is 276 cm³/mol. The highest BCUT2D eigenvalue weighted by atomic mass is 35.5. The van der Waals surface area contributed by atoms with Crippen LogP contribution in [0.2, 0.25) is 5.02 Å². The third-order valence-corrected chi connectivity index (χ3v) is 15.7. The number of aliphatic hydroxyl groups is 1. The van der Waals surface area contributed by atoms with E-state index in [1.807, 2.05) is 95.6 Å². The summed E-state index contributed by atoms with van der Waals surface area (Å²) in [5.41, 5.74) is 5.24. The number of amides is 4. The van der Waals surface area contributed by atoms with Crippen LogP contribution in [0.3, 0.4) is 0 Å². The third-order valence-electron chi connectivity index (χ3n) is 14.4. The van der Waals surface area contributed by atoms with Crippen molar-refractivity contribution in [1.29, 1.82) is 5.26 Å². The number of aromatic nitrogens is 1. The van der Waals surface area contributed by atoms with Gasteiger partial charge in [-0.05, 0) is 73.7 Å². The quantitative estimate of drug-likeness (QED) is 0.0892. The maximum atomic E-state index is 14.2. The van der Waals surface area contributed by atoms with E-state index in [0.717, 1.165) is 53.6 Å². The predicted octanol–water partition coefficient (Wildman–Crippen LogP) is 7.15. The molecule has 0 radical (unpaired) electrons. The lowest BCUT2D eigenvalue weighted by molar-refractivity contribution is -0.164. The first-order valence-corrected chi connectivity index (χ1v) is 25.7. The summed E-state index contributed by atoms with van der Waals surface area (Å²) < 4.78 is 12.4. The summed E-state index contributed by atoms with van der Waals surface area (Å²) in [5, 5.41) is 29.5. The summed E-state index contributed by atoms with van der Waals surface area (Å²) in [6.45, 7) is 23.1. The minimum absolute atomic E-state index is 0.0180. The topological polar surface area (TPSA) is 189 Å². The Morgan fingerprint density at radius 1 is 0.958 bits per heavy atom. The van der Waals surface area contributed by atoms with Gasteiger partial charge in [-0.25, -0.2) is 4.98 Å². The van der Waals surface area contributed by atoms with Gasteiger partial charge in [-0.3, -0.25) is 24.1 Å². The standard InChI is InChI=1S/C54H69ClN8O7S/c1-32(28-61-21-23-62(24-22-61)39-18-15-37(16-19-39)47(66)60-50-53(7,8)51(54(50,9)10)70-41-20-17-38(27-56)42(55)26-41)69-30-44(65)59-46(52(4,5)6)49(68)63-29-40(64)25-43(63)48(67)58-33(2)35-11-13-36(14-12-35)45-34(3)57-31-71-45/h11-20,26,31-33,40,43,46,50-51,64H,21-25,28-30H2,1-10H3,(H,58,67)(H,59,65)(H,60,66)/t32-,33+,40-,43+,46-,50-,51-/m1/s1. The minimum atomic E-state index is -0.969. The van der Waals surface area contributed by atoms with Gasteiger partial charge in [-0.2, -0.15) is 5.26 Å². The molecule has 5 atom stereocenters. The number of aryl methyl sites for hydroxylation is 1. The molecule has 3 fully saturated rings. The van der Waals surface area contributed by atoms with Gasteiger partial charge in [-0.1, -0.05) is 84.3 Å². The Labute approximate surface area is 427 Å². The number of halogens is 1. The molecule has 3 heterocycles. The lowest BCUT2D eigenvalue weighted by Crippen LogP contribution is -2.74. The SMILES string of the molecule is Cc1ncsc1-c1ccc([C@H](C)NC(=O)[C@@H]2C[C@@H](O)CN2C(=O)[C@@H](NC(=O)CO[C@H](C)CN2CCN(c3ccc(C(=O)N[C@H]4C(C)(C)[C@H](Oc5ccc(C#N)c(Cl)c5)C4(C)C)cc3)CC2)C(C)(C)C)cc1. The van der Waals surface area contributed by atoms with Gasteiger partial charge in [0.15, 0.2) is 0 Å². The van der Waals surface area contributed by atoms with Crippen LogP contribution in [0.1, 0.15) is 102 Å². The van der Waals surface area contributed by atoms with Crippen molar-refractivity contribution in [3.8, 4) is 22.3 Å². The second kappa shape index (κ2) is 21.6. The largest absolute Gasteiger partial charge is 0.489 e. The Morgan fingerprint density at radius 2 is 1.62 bits per heavy atom. The van der Waals surface area contributed by atoms with E-state index in [0.29, 0.717) is 28.4 Å². The zero-order valence-electron chi connectivity index (χ0n) is 42.5. The monoisotopic (exact) mass is 1010 g/mol. The third kappa shape index (κ3) is 12.0. The molecule has 380 valence electrons. The van der Waals surface area contributed by atoms with Crippen LogP contribution in [0.5, 0.6) is 5.75 Å². The lowest BCUT2D eigenvalue weighted by Gasteiger charge is -2.63. The number of piperazine rings is 1. The van der Waals surface area contributed by atoms with Crippen molar-refractivity contribution in [3.05, 3.63) is 99.6 Å². The van der Waals surface area contributed by atoms with Gasteiger partial charge >= 0.3 is 0 Å². The molecule has 3 aliphatic rings. The number of carbonyl (C=O) groups is 4. The smallest absolute Gasteiger partial charge is 0.251 e. The number of thiazole rings is 1. The number of hydrogen-bond acceptors (Lipinski definition) is 12. The molecule has 4 aromatic rings. The van der Waals surface area contributed by atoms with Gasteiger partial charge in [0.05, 0.1) is 44.9 Å². The molecular weight excluding hydrogens is 940 g/mol. The fourth-order valence-electron chi connectivity index (χ4n) is 10.7. The first-order valence-electron chi connectivity index (χ1n) is 24.4. The molecule has 2 aliphatic heterocycles. The van der Waals surface area contributed by atoms with Gasteiger partial charge in [0.1, 0.15) is 36.6 Å². The van der Waals surface area contributed by atoms with Crippen LogP contribution in [-0.4, -0.2) is 126 Å². The van der Waals surface area contributed by atoms with Crippen molar-refractivity contribution in [2.24, 2.45) is 16.2 Å². The van der Waals surface area contributed by atoms with Crippen LogP contribution in [0, 0.1) is 34.5 Å². The van der Waals surface area contributed by atoms with Crippen LogP contribution in [0.4, 0.5) is 5.69 Å². The van der Waals surface area contributed by atoms with Crippen molar-refractivity contribution < 1.29 is 33.8 Å². The highest BCUT2D eigenvalue weighted by Crippen LogP contribution is 2.55. The summed E-state index contributed by atoms with van der Waals surface area (Å²) in [7, 11) is 0. The highest BCUT2D eigenvalue weighted by molar-refractivity contribution is 7.13. The number of aliphatic hydroxyl groups excluding tert-OH is 1. The summed E-state index contributed by atoms with van der Waals surface area (Å²) in [6.07, 6.45) is -1.27. The molecule has 1 aliphatic carbocycles. The van der Waals surface area contributed by atoms with Gasteiger partial charge in [0.2, 0.25) is 17.7 Å². The maximum absolute atomic E-state index is 14.2. The van der Waals surface area contributed by atoms with Crippen LogP contribution < -0.4 is 25.6 Å². The molecule has 3 aromatic carbocycles. The zero-order chi connectivity index (χ0) is 51.6. The van der Waals surface area contributed by atoms with Crippen LogP contribution in [-0.2, 0) is 19.1 Å². The Balaban J connectivity index is 0.846. The first kappa shape index (κ1) is 53.2. The van der Waals surface area contributed by atoms with E-state index in [2.05, 4.69) is 64.5 Å². The summed E-state index contributed by atoms with van der Waals surface area (Å²) >= 11 is 7.84. The number of nitrogens with zero attached hydrogens (tertiary/aromatic N) is 5. The Kier molecular flexibility index (Phi) is 16.2. The fourth-order valence-corrected chi connectivity index (χ4v) is 11.7. The number of anilines is 1. The molecule has 17 heteroatoms. The van der Waals surface area contributed by atoms with E-state index >= 15 is 0 Å². The van der Waals surface area contributed by atoms with Gasteiger partial charge in [-0.15, -0.1) is 11.3 Å². The number of benzene rings is 3. The summed E-state index contributed by atoms with van der Waals surface area (Å²) in [5.74, 6) is -0.811. The Hall–Kier alpha value is -5.57. The molecule has 71 heavy (non-hydrogen) atoms. The van der Waals surface area contributed by atoms with Crippen LogP contribution in [0.15, 0.2) is 72.2 Å². The number of β-amino-alcohol motifs (C(OH)–C–C–N with tert-alkyl or cyclic N) is 1.